The highest BCUT2D eigenvalue weighted by Crippen LogP contribution is 2.35. The lowest BCUT2D eigenvalue weighted by molar-refractivity contribution is 0.628. The summed E-state index contributed by atoms with van der Waals surface area (Å²) in [4.78, 5) is 0. The number of nitrogens with two attached hydrogens (primary N) is 1. The third kappa shape index (κ3) is 4.16. The summed E-state index contributed by atoms with van der Waals surface area (Å²) in [5.41, 5.74) is 14.4. The number of fused-ring (bicyclic) bond motifs is 1. The number of hydrogen-bond acceptors (Lipinski definition) is 1. The molecule has 5 aromatic carbocycles. The standard InChI is InChI=1S/C31H24FN/c1-21(19-25-7-2-5-12-31(25)33)27-17-18-28(30-11-4-3-10-29(27)30)23-15-13-22(14-16-23)24-8-6-9-26(32)20-24/h2-18,20H,1,19,33H2. The lowest BCUT2D eigenvalue weighted by Crippen LogP contribution is -1.97. The van der Waals surface area contributed by atoms with Gasteiger partial charge in [-0.05, 0) is 74.3 Å². The molecule has 0 saturated carbocycles. The van der Waals surface area contributed by atoms with Crippen molar-refractivity contribution in [2.45, 2.75) is 6.42 Å². The van der Waals surface area contributed by atoms with E-state index in [2.05, 4.69) is 61.2 Å². The fourth-order valence-electron chi connectivity index (χ4n) is 4.39. The van der Waals surface area contributed by atoms with Crippen molar-refractivity contribution in [1.29, 1.82) is 0 Å². The summed E-state index contributed by atoms with van der Waals surface area (Å²) < 4.78 is 13.6. The van der Waals surface area contributed by atoms with Crippen LogP contribution in [-0.2, 0) is 6.42 Å². The lowest BCUT2D eigenvalue weighted by Gasteiger charge is -2.15. The molecule has 0 aliphatic rings. The number of nitrogen functional groups attached to an aromatic ring is 1. The van der Waals surface area contributed by atoms with E-state index in [-0.39, 0.29) is 5.82 Å². The second kappa shape index (κ2) is 8.76. The molecule has 0 aromatic heterocycles. The van der Waals surface area contributed by atoms with Crippen LogP contribution in [-0.4, -0.2) is 0 Å². The minimum absolute atomic E-state index is 0.226. The summed E-state index contributed by atoms with van der Waals surface area (Å²) in [6, 6.07) is 35.6. The summed E-state index contributed by atoms with van der Waals surface area (Å²) in [5, 5.41) is 2.35. The number of hydrogen-bond donors (Lipinski definition) is 1. The Labute approximate surface area is 193 Å². The van der Waals surface area contributed by atoms with Gasteiger partial charge < -0.3 is 5.73 Å². The van der Waals surface area contributed by atoms with Gasteiger partial charge in [-0.2, -0.15) is 0 Å². The molecule has 160 valence electrons. The van der Waals surface area contributed by atoms with Gasteiger partial charge in [-0.25, -0.2) is 4.39 Å². The van der Waals surface area contributed by atoms with Crippen LogP contribution in [0.15, 0.2) is 116 Å². The minimum Gasteiger partial charge on any atom is -0.398 e. The van der Waals surface area contributed by atoms with Crippen molar-refractivity contribution in [3.63, 3.8) is 0 Å². The first-order valence-electron chi connectivity index (χ1n) is 11.0. The molecule has 2 heteroatoms. The van der Waals surface area contributed by atoms with Gasteiger partial charge in [-0.3, -0.25) is 0 Å². The van der Waals surface area contributed by atoms with Crippen molar-refractivity contribution in [3.8, 4) is 22.3 Å². The molecule has 0 saturated heterocycles. The van der Waals surface area contributed by atoms with Crippen LogP contribution in [0.1, 0.15) is 11.1 Å². The Morgan fingerprint density at radius 2 is 1.36 bits per heavy atom. The van der Waals surface area contributed by atoms with Crippen LogP contribution < -0.4 is 5.73 Å². The van der Waals surface area contributed by atoms with Gasteiger partial charge in [0, 0.05) is 5.69 Å². The van der Waals surface area contributed by atoms with E-state index in [1.165, 1.54) is 16.8 Å². The van der Waals surface area contributed by atoms with Gasteiger partial charge in [0.05, 0.1) is 0 Å². The predicted molar refractivity (Wildman–Crippen MR) is 138 cm³/mol. The highest BCUT2D eigenvalue weighted by atomic mass is 19.1. The Morgan fingerprint density at radius 3 is 2.12 bits per heavy atom. The molecule has 2 N–H and O–H groups in total. The maximum atomic E-state index is 13.6. The van der Waals surface area contributed by atoms with E-state index in [1.807, 2.05) is 36.4 Å². The van der Waals surface area contributed by atoms with Crippen molar-refractivity contribution < 1.29 is 4.39 Å². The average Bonchev–Trinajstić information content (AvgIpc) is 2.85. The molecule has 0 bridgehead atoms. The van der Waals surface area contributed by atoms with Gasteiger partial charge in [0.15, 0.2) is 0 Å². The van der Waals surface area contributed by atoms with E-state index in [0.29, 0.717) is 6.42 Å². The summed E-state index contributed by atoms with van der Waals surface area (Å²) in [6.07, 6.45) is 0.707. The maximum absolute atomic E-state index is 13.6. The van der Waals surface area contributed by atoms with Crippen molar-refractivity contribution in [1.82, 2.24) is 0 Å². The molecule has 5 aromatic rings. The first kappa shape index (κ1) is 20.7. The average molecular weight is 430 g/mol. The molecule has 0 aliphatic carbocycles. The van der Waals surface area contributed by atoms with Crippen molar-refractivity contribution >= 4 is 22.0 Å². The van der Waals surface area contributed by atoms with Crippen molar-refractivity contribution in [2.75, 3.05) is 5.73 Å². The third-order valence-corrected chi connectivity index (χ3v) is 6.12. The Bertz CT molecular complexity index is 1460. The topological polar surface area (TPSA) is 26.0 Å². The van der Waals surface area contributed by atoms with Crippen molar-refractivity contribution in [3.05, 3.63) is 133 Å². The van der Waals surface area contributed by atoms with E-state index in [1.54, 1.807) is 12.1 Å². The van der Waals surface area contributed by atoms with Gasteiger partial charge in [-0.15, -0.1) is 0 Å². The molecule has 5 rings (SSSR count). The normalized spacial score (nSPS) is 10.9. The molecule has 1 nitrogen and oxygen atoms in total. The molecule has 0 amide bonds. The van der Waals surface area contributed by atoms with Crippen LogP contribution in [0, 0.1) is 5.82 Å². The van der Waals surface area contributed by atoms with E-state index in [0.717, 1.165) is 44.6 Å². The van der Waals surface area contributed by atoms with Gasteiger partial charge >= 0.3 is 0 Å². The largest absolute Gasteiger partial charge is 0.398 e. The Hall–Kier alpha value is -4.17. The smallest absolute Gasteiger partial charge is 0.123 e. The Kier molecular flexibility index (Phi) is 5.50. The zero-order valence-corrected chi connectivity index (χ0v) is 18.3. The second-order valence-corrected chi connectivity index (χ2v) is 8.27. The lowest BCUT2D eigenvalue weighted by atomic mass is 9.90. The quantitative estimate of drug-likeness (QED) is 0.280. The highest BCUT2D eigenvalue weighted by Gasteiger charge is 2.11. The number of halogens is 1. The van der Waals surface area contributed by atoms with E-state index in [4.69, 9.17) is 5.73 Å². The molecule has 0 unspecified atom stereocenters. The van der Waals surface area contributed by atoms with Crippen LogP contribution in [0.5, 0.6) is 0 Å². The molecular formula is C31H24FN. The number of para-hydroxylation sites is 1. The zero-order chi connectivity index (χ0) is 22.8. The predicted octanol–water partition coefficient (Wildman–Crippen LogP) is 8.15. The molecule has 0 heterocycles. The summed E-state index contributed by atoms with van der Waals surface area (Å²) in [5.74, 6) is -0.226. The molecule has 0 radical (unpaired) electrons. The minimum atomic E-state index is -0.226. The number of benzene rings is 5. The fourth-order valence-corrected chi connectivity index (χ4v) is 4.39. The monoisotopic (exact) mass is 429 g/mol. The fraction of sp³-hybridized carbons (Fsp3) is 0.0323. The van der Waals surface area contributed by atoms with Crippen LogP contribution in [0.2, 0.25) is 0 Å². The molecular weight excluding hydrogens is 405 g/mol. The van der Waals surface area contributed by atoms with Gasteiger partial charge in [0.2, 0.25) is 0 Å². The SMILES string of the molecule is C=C(Cc1ccccc1N)c1ccc(-c2ccc(-c3cccc(F)c3)cc2)c2ccccc12. The molecule has 0 aliphatic heterocycles. The van der Waals surface area contributed by atoms with Gasteiger partial charge in [0.25, 0.3) is 0 Å². The van der Waals surface area contributed by atoms with Crippen LogP contribution in [0.3, 0.4) is 0 Å². The summed E-state index contributed by atoms with van der Waals surface area (Å²) >= 11 is 0. The van der Waals surface area contributed by atoms with E-state index in [9.17, 15) is 4.39 Å². The molecule has 33 heavy (non-hydrogen) atoms. The van der Waals surface area contributed by atoms with Gasteiger partial charge in [0.1, 0.15) is 5.82 Å². The van der Waals surface area contributed by atoms with Crippen LogP contribution in [0.25, 0.3) is 38.6 Å². The van der Waals surface area contributed by atoms with Crippen molar-refractivity contribution in [2.24, 2.45) is 0 Å². The highest BCUT2D eigenvalue weighted by molar-refractivity contribution is 6.03. The first-order valence-corrected chi connectivity index (χ1v) is 11.0. The van der Waals surface area contributed by atoms with E-state index >= 15 is 0 Å². The summed E-state index contributed by atoms with van der Waals surface area (Å²) in [7, 11) is 0. The molecule has 0 fully saturated rings. The number of anilines is 1. The molecule has 0 spiro atoms. The zero-order valence-electron chi connectivity index (χ0n) is 18.3. The second-order valence-electron chi connectivity index (χ2n) is 8.27. The van der Waals surface area contributed by atoms with Crippen LogP contribution in [0.4, 0.5) is 10.1 Å². The Morgan fingerprint density at radius 1 is 0.667 bits per heavy atom. The summed E-state index contributed by atoms with van der Waals surface area (Å²) in [6.45, 7) is 4.38. The van der Waals surface area contributed by atoms with Gasteiger partial charge in [-0.1, -0.05) is 97.6 Å². The van der Waals surface area contributed by atoms with E-state index < -0.39 is 0 Å². The Balaban J connectivity index is 1.52. The third-order valence-electron chi connectivity index (χ3n) is 6.12. The number of rotatable bonds is 5. The maximum Gasteiger partial charge on any atom is 0.123 e. The molecule has 0 atom stereocenters. The first-order chi connectivity index (χ1) is 16.1. The van der Waals surface area contributed by atoms with Crippen LogP contribution >= 0.6 is 0 Å². The number of allylic oxidation sites excluding steroid dienone is 1.